The van der Waals surface area contributed by atoms with Crippen molar-refractivity contribution >= 4 is 11.4 Å². The molecule has 2 rings (SSSR count). The minimum absolute atomic E-state index is 0.387. The number of ether oxygens (including phenoxy) is 2. The molecule has 1 aliphatic heterocycles. The molecule has 1 aromatic rings. The van der Waals surface area contributed by atoms with Crippen LogP contribution in [-0.2, 0) is 4.74 Å². The predicted octanol–water partition coefficient (Wildman–Crippen LogP) is 1.89. The highest BCUT2D eigenvalue weighted by Crippen LogP contribution is 2.30. The molecule has 0 aliphatic carbocycles. The van der Waals surface area contributed by atoms with E-state index in [0.717, 1.165) is 43.1 Å². The van der Waals surface area contributed by atoms with E-state index in [1.165, 1.54) is 0 Å². The molecule has 1 heterocycles. The molecule has 1 aliphatic rings. The quantitative estimate of drug-likeness (QED) is 0.814. The van der Waals surface area contributed by atoms with E-state index >= 15 is 0 Å². The van der Waals surface area contributed by atoms with Crippen LogP contribution in [-0.4, -0.2) is 33.4 Å². The third-order valence-corrected chi connectivity index (χ3v) is 3.35. The Kier molecular flexibility index (Phi) is 3.74. The van der Waals surface area contributed by atoms with Crippen molar-refractivity contribution in [2.75, 3.05) is 37.9 Å². The zero-order valence-corrected chi connectivity index (χ0v) is 10.5. The highest BCUT2D eigenvalue weighted by Gasteiger charge is 2.20. The summed E-state index contributed by atoms with van der Waals surface area (Å²) in [7, 11) is 3.45. The summed E-state index contributed by atoms with van der Waals surface area (Å²) in [5, 5.41) is 0. The van der Waals surface area contributed by atoms with E-state index in [9.17, 15) is 0 Å². The molecule has 0 aromatic heterocycles. The van der Waals surface area contributed by atoms with Crippen molar-refractivity contribution in [1.82, 2.24) is 0 Å². The van der Waals surface area contributed by atoms with Gasteiger partial charge in [0.25, 0.3) is 0 Å². The summed E-state index contributed by atoms with van der Waals surface area (Å²) in [4.78, 5) is 2.30. The minimum atomic E-state index is 0.387. The Morgan fingerprint density at radius 2 is 1.94 bits per heavy atom. The van der Waals surface area contributed by atoms with Gasteiger partial charge in [0.05, 0.1) is 24.6 Å². The molecule has 0 bridgehead atoms. The SMILES string of the molecule is COc1ccc(N)c(N2CCC(OC)CC2)c1. The van der Waals surface area contributed by atoms with Crippen LogP contribution in [0.1, 0.15) is 12.8 Å². The number of benzene rings is 1. The van der Waals surface area contributed by atoms with E-state index in [1.807, 2.05) is 18.2 Å². The van der Waals surface area contributed by atoms with Crippen molar-refractivity contribution in [3.63, 3.8) is 0 Å². The highest BCUT2D eigenvalue weighted by atomic mass is 16.5. The highest BCUT2D eigenvalue weighted by molar-refractivity contribution is 5.69. The number of piperidine rings is 1. The van der Waals surface area contributed by atoms with Crippen LogP contribution in [0, 0.1) is 0 Å². The lowest BCUT2D eigenvalue weighted by Gasteiger charge is -2.33. The van der Waals surface area contributed by atoms with Crippen molar-refractivity contribution in [3.05, 3.63) is 18.2 Å². The first-order chi connectivity index (χ1) is 8.24. The second kappa shape index (κ2) is 5.27. The fraction of sp³-hybridized carbons (Fsp3) is 0.538. The van der Waals surface area contributed by atoms with Crippen LogP contribution in [0.5, 0.6) is 5.75 Å². The molecule has 1 saturated heterocycles. The molecule has 1 fully saturated rings. The lowest BCUT2D eigenvalue weighted by Crippen LogP contribution is -2.37. The van der Waals surface area contributed by atoms with Crippen molar-refractivity contribution in [1.29, 1.82) is 0 Å². The summed E-state index contributed by atoms with van der Waals surface area (Å²) in [6.07, 6.45) is 2.48. The lowest BCUT2D eigenvalue weighted by atomic mass is 10.1. The van der Waals surface area contributed by atoms with Gasteiger partial charge in [0.15, 0.2) is 0 Å². The average Bonchev–Trinajstić information content (AvgIpc) is 2.39. The number of nitrogens with zero attached hydrogens (tertiary/aromatic N) is 1. The Hall–Kier alpha value is -1.42. The van der Waals surface area contributed by atoms with E-state index in [1.54, 1.807) is 14.2 Å². The predicted molar refractivity (Wildman–Crippen MR) is 69.7 cm³/mol. The molecular formula is C13H20N2O2. The van der Waals surface area contributed by atoms with Gasteiger partial charge in [-0.1, -0.05) is 0 Å². The Morgan fingerprint density at radius 3 is 2.53 bits per heavy atom. The Morgan fingerprint density at radius 1 is 1.24 bits per heavy atom. The van der Waals surface area contributed by atoms with Gasteiger partial charge in [0, 0.05) is 26.3 Å². The van der Waals surface area contributed by atoms with Gasteiger partial charge in [0.1, 0.15) is 5.75 Å². The maximum atomic E-state index is 6.01. The maximum Gasteiger partial charge on any atom is 0.121 e. The standard InChI is InChI=1S/C13H20N2O2/c1-16-10-5-7-15(8-6-10)13-9-11(17-2)3-4-12(13)14/h3-4,9-10H,5-8,14H2,1-2H3. The normalized spacial score (nSPS) is 17.2. The minimum Gasteiger partial charge on any atom is -0.497 e. The maximum absolute atomic E-state index is 6.01. The first-order valence-electron chi connectivity index (χ1n) is 5.96. The van der Waals surface area contributed by atoms with Crippen LogP contribution in [0.15, 0.2) is 18.2 Å². The molecule has 0 amide bonds. The number of rotatable bonds is 3. The third-order valence-electron chi connectivity index (χ3n) is 3.35. The molecule has 2 N–H and O–H groups in total. The summed E-state index contributed by atoms with van der Waals surface area (Å²) >= 11 is 0. The zero-order valence-electron chi connectivity index (χ0n) is 10.5. The van der Waals surface area contributed by atoms with E-state index in [4.69, 9.17) is 15.2 Å². The fourth-order valence-corrected chi connectivity index (χ4v) is 2.26. The van der Waals surface area contributed by atoms with Crippen molar-refractivity contribution in [2.45, 2.75) is 18.9 Å². The average molecular weight is 236 g/mol. The summed E-state index contributed by atoms with van der Waals surface area (Å²) < 4.78 is 10.6. The number of hydrogen-bond acceptors (Lipinski definition) is 4. The molecular weight excluding hydrogens is 216 g/mol. The van der Waals surface area contributed by atoms with Crippen molar-refractivity contribution in [3.8, 4) is 5.75 Å². The second-order valence-corrected chi connectivity index (χ2v) is 4.35. The fourth-order valence-electron chi connectivity index (χ4n) is 2.26. The van der Waals surface area contributed by atoms with E-state index in [-0.39, 0.29) is 0 Å². The lowest BCUT2D eigenvalue weighted by molar-refractivity contribution is 0.0819. The summed E-state index contributed by atoms with van der Waals surface area (Å²) in [5.74, 6) is 0.850. The Balaban J connectivity index is 2.12. The monoisotopic (exact) mass is 236 g/mol. The van der Waals surface area contributed by atoms with Gasteiger partial charge >= 0.3 is 0 Å². The van der Waals surface area contributed by atoms with Gasteiger partial charge in [-0.15, -0.1) is 0 Å². The number of nitrogen functional groups attached to an aromatic ring is 1. The summed E-state index contributed by atoms with van der Waals surface area (Å²) in [6, 6.07) is 5.79. The van der Waals surface area contributed by atoms with Crippen LogP contribution in [0.25, 0.3) is 0 Å². The first-order valence-corrected chi connectivity index (χ1v) is 5.96. The van der Waals surface area contributed by atoms with Crippen LogP contribution >= 0.6 is 0 Å². The molecule has 0 spiro atoms. The summed E-state index contributed by atoms with van der Waals surface area (Å²) in [6.45, 7) is 1.96. The van der Waals surface area contributed by atoms with E-state index < -0.39 is 0 Å². The van der Waals surface area contributed by atoms with Crippen molar-refractivity contribution < 1.29 is 9.47 Å². The van der Waals surface area contributed by atoms with Gasteiger partial charge in [0.2, 0.25) is 0 Å². The molecule has 0 atom stereocenters. The molecule has 0 saturated carbocycles. The smallest absolute Gasteiger partial charge is 0.121 e. The number of methoxy groups -OCH3 is 2. The van der Waals surface area contributed by atoms with Gasteiger partial charge < -0.3 is 20.1 Å². The van der Waals surface area contributed by atoms with Crippen molar-refractivity contribution in [2.24, 2.45) is 0 Å². The molecule has 0 unspecified atom stereocenters. The van der Waals surface area contributed by atoms with Crippen LogP contribution < -0.4 is 15.4 Å². The molecule has 17 heavy (non-hydrogen) atoms. The van der Waals surface area contributed by atoms with Gasteiger partial charge in [-0.2, -0.15) is 0 Å². The Labute approximate surface area is 102 Å². The molecule has 94 valence electrons. The zero-order chi connectivity index (χ0) is 12.3. The molecule has 0 radical (unpaired) electrons. The molecule has 4 heteroatoms. The number of hydrogen-bond donors (Lipinski definition) is 1. The van der Waals surface area contributed by atoms with Gasteiger partial charge in [-0.3, -0.25) is 0 Å². The first kappa shape index (κ1) is 12.0. The topological polar surface area (TPSA) is 47.7 Å². The van der Waals surface area contributed by atoms with Gasteiger partial charge in [-0.05, 0) is 25.0 Å². The summed E-state index contributed by atoms with van der Waals surface area (Å²) in [5.41, 5.74) is 7.89. The van der Waals surface area contributed by atoms with Crippen LogP contribution in [0.3, 0.4) is 0 Å². The van der Waals surface area contributed by atoms with Crippen LogP contribution in [0.2, 0.25) is 0 Å². The van der Waals surface area contributed by atoms with Gasteiger partial charge in [-0.25, -0.2) is 0 Å². The molecule has 1 aromatic carbocycles. The number of nitrogens with two attached hydrogens (primary N) is 1. The Bertz CT molecular complexity index is 374. The number of anilines is 2. The largest absolute Gasteiger partial charge is 0.497 e. The van der Waals surface area contributed by atoms with E-state index in [0.29, 0.717) is 6.10 Å². The third kappa shape index (κ3) is 2.64. The van der Waals surface area contributed by atoms with E-state index in [2.05, 4.69) is 4.90 Å². The molecule has 4 nitrogen and oxygen atoms in total. The van der Waals surface area contributed by atoms with Crippen LogP contribution in [0.4, 0.5) is 11.4 Å². The second-order valence-electron chi connectivity index (χ2n) is 4.35.